The van der Waals surface area contributed by atoms with E-state index in [1.54, 1.807) is 36.4 Å². The number of amides is 1. The monoisotopic (exact) mass is 506 g/mol. The Kier molecular flexibility index (Phi) is 6.00. The standard InChI is InChI=1S/C25H22N4O4S2/c1-16-8-11-19(12-9-16)35(31,32)29-15-22(33-21-14-17(2)10-13-20(21)29)23(30)26-25-28-27-24(34-25)18-6-4-3-5-7-18/h3-14,22H,15H2,1-2H3,(H,26,28,30). The molecule has 35 heavy (non-hydrogen) atoms. The summed E-state index contributed by atoms with van der Waals surface area (Å²) in [6.07, 6.45) is -1.08. The fraction of sp³-hybridized carbons (Fsp3) is 0.160. The first-order chi connectivity index (χ1) is 16.8. The number of carbonyl (C=O) groups excluding carboxylic acids is 1. The quantitative estimate of drug-likeness (QED) is 0.430. The molecular weight excluding hydrogens is 484 g/mol. The van der Waals surface area contributed by atoms with E-state index >= 15 is 0 Å². The maximum absolute atomic E-state index is 13.6. The van der Waals surface area contributed by atoms with Crippen molar-refractivity contribution in [3.05, 3.63) is 83.9 Å². The summed E-state index contributed by atoms with van der Waals surface area (Å²) in [5.74, 6) is -0.175. The van der Waals surface area contributed by atoms with Crippen LogP contribution < -0.4 is 14.4 Å². The summed E-state index contributed by atoms with van der Waals surface area (Å²) in [6.45, 7) is 3.58. The molecule has 0 saturated carbocycles. The maximum Gasteiger partial charge on any atom is 0.269 e. The van der Waals surface area contributed by atoms with E-state index < -0.39 is 22.0 Å². The molecule has 1 N–H and O–H groups in total. The summed E-state index contributed by atoms with van der Waals surface area (Å²) >= 11 is 1.23. The van der Waals surface area contributed by atoms with Crippen molar-refractivity contribution in [2.75, 3.05) is 16.2 Å². The predicted molar refractivity (Wildman–Crippen MR) is 135 cm³/mol. The number of fused-ring (bicyclic) bond motifs is 1. The minimum absolute atomic E-state index is 0.146. The third-order valence-corrected chi connectivity index (χ3v) is 8.24. The van der Waals surface area contributed by atoms with Gasteiger partial charge in [0.25, 0.3) is 15.9 Å². The van der Waals surface area contributed by atoms with E-state index in [2.05, 4.69) is 15.5 Å². The number of sulfonamides is 1. The van der Waals surface area contributed by atoms with Crippen LogP contribution in [-0.2, 0) is 14.8 Å². The minimum atomic E-state index is -3.93. The molecule has 0 spiro atoms. The molecule has 1 amide bonds. The van der Waals surface area contributed by atoms with Crippen molar-refractivity contribution < 1.29 is 17.9 Å². The summed E-state index contributed by atoms with van der Waals surface area (Å²) in [6, 6.07) is 21.4. The van der Waals surface area contributed by atoms with Gasteiger partial charge in [-0.25, -0.2) is 8.42 Å². The molecule has 1 aliphatic heterocycles. The Morgan fingerprint density at radius 1 is 1.00 bits per heavy atom. The van der Waals surface area contributed by atoms with Crippen LogP contribution in [0.2, 0.25) is 0 Å². The zero-order valence-electron chi connectivity index (χ0n) is 19.0. The van der Waals surface area contributed by atoms with E-state index in [-0.39, 0.29) is 11.4 Å². The number of aromatic nitrogens is 2. The average molecular weight is 507 g/mol. The van der Waals surface area contributed by atoms with Crippen LogP contribution in [0.3, 0.4) is 0 Å². The second kappa shape index (κ2) is 9.12. The number of hydrogen-bond acceptors (Lipinski definition) is 7. The molecule has 0 bridgehead atoms. The molecule has 0 saturated heterocycles. The molecule has 0 radical (unpaired) electrons. The highest BCUT2D eigenvalue weighted by Crippen LogP contribution is 2.38. The Morgan fingerprint density at radius 2 is 1.71 bits per heavy atom. The fourth-order valence-corrected chi connectivity index (χ4v) is 5.95. The van der Waals surface area contributed by atoms with Crippen LogP contribution in [-0.4, -0.2) is 37.2 Å². The van der Waals surface area contributed by atoms with Crippen LogP contribution in [0.4, 0.5) is 10.8 Å². The number of rotatable bonds is 5. The highest BCUT2D eigenvalue weighted by molar-refractivity contribution is 7.92. The summed E-state index contributed by atoms with van der Waals surface area (Å²) in [5.41, 5.74) is 3.11. The van der Waals surface area contributed by atoms with E-state index in [1.807, 2.05) is 50.2 Å². The Morgan fingerprint density at radius 3 is 2.46 bits per heavy atom. The second-order valence-electron chi connectivity index (χ2n) is 8.19. The first kappa shape index (κ1) is 23.0. The first-order valence-corrected chi connectivity index (χ1v) is 13.1. The van der Waals surface area contributed by atoms with E-state index in [0.29, 0.717) is 21.6 Å². The summed E-state index contributed by atoms with van der Waals surface area (Å²) in [5, 5.41) is 11.9. The Labute approximate surface area is 207 Å². The van der Waals surface area contributed by atoms with Crippen molar-refractivity contribution in [1.82, 2.24) is 10.2 Å². The van der Waals surface area contributed by atoms with Gasteiger partial charge in [-0.15, -0.1) is 10.2 Å². The molecule has 2 heterocycles. The van der Waals surface area contributed by atoms with Gasteiger partial charge in [0.2, 0.25) is 5.13 Å². The smallest absolute Gasteiger partial charge is 0.269 e. The number of nitrogens with zero attached hydrogens (tertiary/aromatic N) is 3. The highest BCUT2D eigenvalue weighted by atomic mass is 32.2. The number of hydrogen-bond donors (Lipinski definition) is 1. The normalized spacial score (nSPS) is 15.3. The highest BCUT2D eigenvalue weighted by Gasteiger charge is 2.38. The van der Waals surface area contributed by atoms with Crippen LogP contribution in [0.1, 0.15) is 11.1 Å². The lowest BCUT2D eigenvalue weighted by Crippen LogP contribution is -2.48. The lowest BCUT2D eigenvalue weighted by Gasteiger charge is -2.34. The summed E-state index contributed by atoms with van der Waals surface area (Å²) in [4.78, 5) is 13.3. The number of nitrogens with one attached hydrogen (secondary N) is 1. The summed E-state index contributed by atoms with van der Waals surface area (Å²) < 4.78 is 34.3. The lowest BCUT2D eigenvalue weighted by atomic mass is 10.1. The average Bonchev–Trinajstić information content (AvgIpc) is 3.32. The minimum Gasteiger partial charge on any atom is -0.476 e. The molecular formula is C25H22N4O4S2. The molecule has 0 fully saturated rings. The summed E-state index contributed by atoms with van der Waals surface area (Å²) in [7, 11) is -3.93. The second-order valence-corrected chi connectivity index (χ2v) is 11.0. The number of anilines is 2. The molecule has 8 nitrogen and oxygen atoms in total. The van der Waals surface area contributed by atoms with Gasteiger partial charge in [0.1, 0.15) is 10.8 Å². The van der Waals surface area contributed by atoms with Crippen LogP contribution in [0.25, 0.3) is 10.6 Å². The van der Waals surface area contributed by atoms with Gasteiger partial charge in [0.05, 0.1) is 17.1 Å². The maximum atomic E-state index is 13.6. The first-order valence-electron chi connectivity index (χ1n) is 10.9. The molecule has 10 heteroatoms. The van der Waals surface area contributed by atoms with Gasteiger partial charge in [-0.05, 0) is 43.7 Å². The predicted octanol–water partition coefficient (Wildman–Crippen LogP) is 4.42. The molecule has 1 aliphatic rings. The number of carbonyl (C=O) groups is 1. The van der Waals surface area contributed by atoms with E-state index in [1.165, 1.54) is 15.6 Å². The van der Waals surface area contributed by atoms with Gasteiger partial charge in [0, 0.05) is 5.56 Å². The molecule has 1 aromatic heterocycles. The number of aryl methyl sites for hydroxylation is 2. The van der Waals surface area contributed by atoms with E-state index in [4.69, 9.17) is 4.74 Å². The zero-order valence-corrected chi connectivity index (χ0v) is 20.6. The molecule has 1 atom stereocenters. The fourth-order valence-electron chi connectivity index (χ4n) is 3.72. The van der Waals surface area contributed by atoms with Crippen LogP contribution in [0.5, 0.6) is 5.75 Å². The Hall–Kier alpha value is -3.76. The van der Waals surface area contributed by atoms with Crippen molar-refractivity contribution in [1.29, 1.82) is 0 Å². The van der Waals surface area contributed by atoms with Gasteiger partial charge < -0.3 is 4.74 Å². The molecule has 178 valence electrons. The number of ether oxygens (including phenoxy) is 1. The van der Waals surface area contributed by atoms with E-state index in [0.717, 1.165) is 16.7 Å². The van der Waals surface area contributed by atoms with Crippen LogP contribution >= 0.6 is 11.3 Å². The molecule has 0 aliphatic carbocycles. The van der Waals surface area contributed by atoms with Gasteiger partial charge in [0.15, 0.2) is 6.10 Å². The van der Waals surface area contributed by atoms with Crippen molar-refractivity contribution in [2.45, 2.75) is 24.8 Å². The molecule has 1 unspecified atom stereocenters. The van der Waals surface area contributed by atoms with Crippen molar-refractivity contribution in [3.63, 3.8) is 0 Å². The van der Waals surface area contributed by atoms with Gasteiger partial charge in [-0.1, -0.05) is 65.4 Å². The van der Waals surface area contributed by atoms with Crippen molar-refractivity contribution in [3.8, 4) is 16.3 Å². The van der Waals surface area contributed by atoms with Gasteiger partial charge >= 0.3 is 0 Å². The number of benzene rings is 3. The molecule has 4 aromatic rings. The topological polar surface area (TPSA) is 101 Å². The SMILES string of the molecule is Cc1ccc(S(=O)(=O)N2CC(C(=O)Nc3nnc(-c4ccccc4)s3)Oc3cc(C)ccc32)cc1. The Bertz CT molecular complexity index is 1490. The van der Waals surface area contributed by atoms with Gasteiger partial charge in [-0.2, -0.15) is 0 Å². The van der Waals surface area contributed by atoms with Crippen LogP contribution in [0, 0.1) is 13.8 Å². The molecule has 3 aromatic carbocycles. The Balaban J connectivity index is 1.43. The van der Waals surface area contributed by atoms with Crippen LogP contribution in [0.15, 0.2) is 77.7 Å². The third-order valence-electron chi connectivity index (χ3n) is 5.56. The largest absolute Gasteiger partial charge is 0.476 e. The molecule has 5 rings (SSSR count). The van der Waals surface area contributed by atoms with Crippen molar-refractivity contribution in [2.24, 2.45) is 0 Å². The van der Waals surface area contributed by atoms with Gasteiger partial charge in [-0.3, -0.25) is 14.4 Å². The zero-order chi connectivity index (χ0) is 24.6. The third kappa shape index (κ3) is 4.62. The lowest BCUT2D eigenvalue weighted by molar-refractivity contribution is -0.122. The van der Waals surface area contributed by atoms with E-state index in [9.17, 15) is 13.2 Å². The van der Waals surface area contributed by atoms with Crippen molar-refractivity contribution >= 4 is 38.1 Å².